The Morgan fingerprint density at radius 2 is 0.957 bits per heavy atom. The molecule has 2 saturated heterocycles. The lowest BCUT2D eigenvalue weighted by molar-refractivity contribution is -0.208. The molecule has 0 radical (unpaired) electrons. The highest BCUT2D eigenvalue weighted by Gasteiger charge is 2.53. The van der Waals surface area contributed by atoms with Gasteiger partial charge in [-0.1, -0.05) is 140 Å². The van der Waals surface area contributed by atoms with Crippen molar-refractivity contribution in [1.82, 2.24) is 5.32 Å². The average Bonchev–Trinajstić information content (AvgIpc) is 3.62. The van der Waals surface area contributed by atoms with E-state index in [0.29, 0.717) is 6.61 Å². The molecule has 2 heterocycles. The van der Waals surface area contributed by atoms with Crippen molar-refractivity contribution >= 4 is 0 Å². The van der Waals surface area contributed by atoms with Crippen molar-refractivity contribution in [1.29, 1.82) is 0 Å². The van der Waals surface area contributed by atoms with Gasteiger partial charge < -0.3 is 19.5 Å². The summed E-state index contributed by atoms with van der Waals surface area (Å²) in [5, 5.41) is 3.28. The van der Waals surface area contributed by atoms with Crippen molar-refractivity contribution in [3.8, 4) is 0 Å². The predicted octanol–water partition coefficient (Wildman–Crippen LogP) is 12.5. The highest BCUT2D eigenvalue weighted by molar-refractivity contribution is 4.96. The number of rotatable bonds is 32. The SMILES string of the molecule is CCCCC/C=C\C/C=C\CCCCCCCCC1(CCCCCCCC/C=C\C/C=C\CCCCC)OC2COC(CNC)C2O1. The van der Waals surface area contributed by atoms with E-state index in [1.807, 2.05) is 7.05 Å². The summed E-state index contributed by atoms with van der Waals surface area (Å²) in [7, 11) is 1.99. The molecule has 272 valence electrons. The second-order valence-corrected chi connectivity index (χ2v) is 14.2. The molecule has 1 N–H and O–H groups in total. The summed E-state index contributed by atoms with van der Waals surface area (Å²) >= 11 is 0. The molecule has 2 rings (SSSR count). The molecule has 0 aromatic rings. The van der Waals surface area contributed by atoms with Gasteiger partial charge in [-0.3, -0.25) is 0 Å². The fourth-order valence-electron chi connectivity index (χ4n) is 6.95. The van der Waals surface area contributed by atoms with Crippen LogP contribution in [0, 0.1) is 0 Å². The molecule has 3 atom stereocenters. The Morgan fingerprint density at radius 1 is 0.532 bits per heavy atom. The summed E-state index contributed by atoms with van der Waals surface area (Å²) in [6.45, 7) is 6.04. The summed E-state index contributed by atoms with van der Waals surface area (Å²) in [6.07, 6.45) is 51.9. The normalized spacial score (nSPS) is 21.0. The Labute approximate surface area is 292 Å². The Balaban J connectivity index is 1.56. The molecule has 0 saturated carbocycles. The van der Waals surface area contributed by atoms with Crippen LogP contribution >= 0.6 is 0 Å². The minimum Gasteiger partial charge on any atom is -0.371 e. The lowest BCUT2D eigenvalue weighted by atomic mass is 9.98. The van der Waals surface area contributed by atoms with Gasteiger partial charge in [0, 0.05) is 19.4 Å². The minimum absolute atomic E-state index is 0.0802. The van der Waals surface area contributed by atoms with Crippen molar-refractivity contribution in [2.24, 2.45) is 0 Å². The molecule has 47 heavy (non-hydrogen) atoms. The Kier molecular flexibility index (Phi) is 26.5. The number of unbranched alkanes of at least 4 members (excludes halogenated alkanes) is 18. The Bertz CT molecular complexity index is 768. The first-order valence-corrected chi connectivity index (χ1v) is 20.5. The molecule has 0 spiro atoms. The van der Waals surface area contributed by atoms with Crippen LogP contribution in [0.4, 0.5) is 0 Å². The summed E-state index contributed by atoms with van der Waals surface area (Å²) in [5.74, 6) is -0.393. The largest absolute Gasteiger partial charge is 0.371 e. The third-order valence-electron chi connectivity index (χ3n) is 9.85. The molecule has 0 amide bonds. The van der Waals surface area contributed by atoms with E-state index < -0.39 is 5.79 Å². The van der Waals surface area contributed by atoms with Gasteiger partial charge in [0.15, 0.2) is 5.79 Å². The highest BCUT2D eigenvalue weighted by Crippen LogP contribution is 2.42. The number of hydrogen-bond acceptors (Lipinski definition) is 4. The monoisotopic (exact) mass is 656 g/mol. The Morgan fingerprint density at radius 3 is 1.40 bits per heavy atom. The van der Waals surface area contributed by atoms with Crippen LogP contribution in [0.1, 0.15) is 181 Å². The second kappa shape index (κ2) is 29.7. The first kappa shape index (κ1) is 42.0. The standard InChI is InChI=1S/C43H77NO3/c1-4-6-8-10-12-14-16-18-20-22-24-26-28-30-32-34-36-43(46-41-39-45-40(38-44-3)42(41)47-43)37-35-33-31-29-27-25-23-21-19-17-15-13-11-9-7-5-2/h12-15,18-21,40-42,44H,4-11,16-17,22-39H2,1-3H3/b14-12-,15-13-,20-18-,21-19-. The minimum atomic E-state index is -0.393. The van der Waals surface area contributed by atoms with Gasteiger partial charge in [-0.2, -0.15) is 0 Å². The van der Waals surface area contributed by atoms with Gasteiger partial charge in [-0.15, -0.1) is 0 Å². The number of likely N-dealkylation sites (N-methyl/N-ethyl adjacent to an activating group) is 1. The molecule has 0 aromatic heterocycles. The van der Waals surface area contributed by atoms with Gasteiger partial charge >= 0.3 is 0 Å². The van der Waals surface area contributed by atoms with Crippen LogP contribution < -0.4 is 5.32 Å². The maximum atomic E-state index is 6.77. The van der Waals surface area contributed by atoms with Crippen LogP contribution in [0.2, 0.25) is 0 Å². The van der Waals surface area contributed by atoms with E-state index in [4.69, 9.17) is 14.2 Å². The summed E-state index contributed by atoms with van der Waals surface area (Å²) in [6, 6.07) is 0. The second-order valence-electron chi connectivity index (χ2n) is 14.2. The van der Waals surface area contributed by atoms with Gasteiger partial charge in [-0.25, -0.2) is 0 Å². The average molecular weight is 656 g/mol. The van der Waals surface area contributed by atoms with Crippen LogP contribution in [-0.2, 0) is 14.2 Å². The summed E-state index contributed by atoms with van der Waals surface area (Å²) < 4.78 is 19.5. The van der Waals surface area contributed by atoms with Gasteiger partial charge in [-0.05, 0) is 84.1 Å². The van der Waals surface area contributed by atoms with Gasteiger partial charge in [0.2, 0.25) is 0 Å². The molecule has 2 aliphatic rings. The van der Waals surface area contributed by atoms with Gasteiger partial charge in [0.1, 0.15) is 12.2 Å². The lowest BCUT2D eigenvalue weighted by Crippen LogP contribution is -2.38. The third kappa shape index (κ3) is 20.8. The molecular formula is C43H77NO3. The molecule has 0 aliphatic carbocycles. The Hall–Kier alpha value is -1.20. The third-order valence-corrected chi connectivity index (χ3v) is 9.85. The predicted molar refractivity (Wildman–Crippen MR) is 204 cm³/mol. The van der Waals surface area contributed by atoms with Gasteiger partial charge in [0.05, 0.1) is 12.7 Å². The van der Waals surface area contributed by atoms with Crippen LogP contribution in [0.15, 0.2) is 48.6 Å². The van der Waals surface area contributed by atoms with Crippen LogP contribution in [0.3, 0.4) is 0 Å². The fourth-order valence-corrected chi connectivity index (χ4v) is 6.95. The highest BCUT2D eigenvalue weighted by atomic mass is 16.8. The first-order chi connectivity index (χ1) is 23.2. The van der Waals surface area contributed by atoms with E-state index >= 15 is 0 Å². The van der Waals surface area contributed by atoms with Crippen molar-refractivity contribution < 1.29 is 14.2 Å². The molecule has 3 unspecified atom stereocenters. The zero-order valence-electron chi connectivity index (χ0n) is 31.4. The van der Waals surface area contributed by atoms with Crippen LogP contribution in [0.5, 0.6) is 0 Å². The van der Waals surface area contributed by atoms with E-state index in [2.05, 4.69) is 67.8 Å². The number of nitrogens with one attached hydrogen (secondary N) is 1. The van der Waals surface area contributed by atoms with Crippen molar-refractivity contribution in [3.63, 3.8) is 0 Å². The maximum absolute atomic E-state index is 6.77. The van der Waals surface area contributed by atoms with Gasteiger partial charge in [0.25, 0.3) is 0 Å². The van der Waals surface area contributed by atoms with E-state index in [1.165, 1.54) is 141 Å². The lowest BCUT2D eigenvalue weighted by Gasteiger charge is -2.30. The zero-order chi connectivity index (χ0) is 33.5. The number of hydrogen-bond donors (Lipinski definition) is 1. The van der Waals surface area contributed by atoms with E-state index in [1.54, 1.807) is 0 Å². The van der Waals surface area contributed by atoms with Crippen molar-refractivity contribution in [3.05, 3.63) is 48.6 Å². The smallest absolute Gasteiger partial charge is 0.169 e. The summed E-state index contributed by atoms with van der Waals surface area (Å²) in [5.41, 5.74) is 0. The molecule has 4 heteroatoms. The van der Waals surface area contributed by atoms with Crippen LogP contribution in [-0.4, -0.2) is 44.3 Å². The molecule has 0 bridgehead atoms. The zero-order valence-corrected chi connectivity index (χ0v) is 31.4. The number of allylic oxidation sites excluding steroid dienone is 8. The summed E-state index contributed by atoms with van der Waals surface area (Å²) in [4.78, 5) is 0. The van der Waals surface area contributed by atoms with Crippen molar-refractivity contribution in [2.45, 2.75) is 205 Å². The molecule has 2 fully saturated rings. The topological polar surface area (TPSA) is 39.7 Å². The van der Waals surface area contributed by atoms with Crippen molar-refractivity contribution in [2.75, 3.05) is 20.2 Å². The first-order valence-electron chi connectivity index (χ1n) is 20.5. The van der Waals surface area contributed by atoms with E-state index in [0.717, 1.165) is 32.2 Å². The molecular weight excluding hydrogens is 578 g/mol. The molecule has 0 aromatic carbocycles. The van der Waals surface area contributed by atoms with E-state index in [-0.39, 0.29) is 18.3 Å². The fraction of sp³-hybridized carbons (Fsp3) is 0.814. The number of fused-ring (bicyclic) bond motifs is 1. The maximum Gasteiger partial charge on any atom is 0.169 e. The quantitative estimate of drug-likeness (QED) is 0.0578. The number of ether oxygens (including phenoxy) is 3. The van der Waals surface area contributed by atoms with Crippen LogP contribution in [0.25, 0.3) is 0 Å². The molecule has 2 aliphatic heterocycles. The molecule has 4 nitrogen and oxygen atoms in total. The van der Waals surface area contributed by atoms with E-state index in [9.17, 15) is 0 Å².